The fourth-order valence-electron chi connectivity index (χ4n) is 6.58. The lowest BCUT2D eigenvalue weighted by molar-refractivity contribution is -0.149. The summed E-state index contributed by atoms with van der Waals surface area (Å²) in [5, 5.41) is 30.4. The molecule has 1 saturated heterocycles. The van der Waals surface area contributed by atoms with Crippen LogP contribution in [0.5, 0.6) is 0 Å². The van der Waals surface area contributed by atoms with Crippen molar-refractivity contribution < 1.29 is 43.8 Å². The molecule has 0 aliphatic carbocycles. The summed E-state index contributed by atoms with van der Waals surface area (Å²) in [7, 11) is 0. The lowest BCUT2D eigenvalue weighted by atomic mass is 9.99. The number of para-hydroxylation sites is 1. The molecule has 0 bridgehead atoms. The van der Waals surface area contributed by atoms with Crippen LogP contribution in [0.2, 0.25) is 0 Å². The number of likely N-dealkylation sites (tertiary alicyclic amines) is 1. The van der Waals surface area contributed by atoms with Gasteiger partial charge in [-0.2, -0.15) is 0 Å². The second-order valence-electron chi connectivity index (χ2n) is 13.9. The van der Waals surface area contributed by atoms with Gasteiger partial charge in [0.15, 0.2) is 0 Å². The van der Waals surface area contributed by atoms with Crippen molar-refractivity contribution in [2.75, 3.05) is 13.1 Å². The molecule has 0 unspecified atom stereocenters. The topological polar surface area (TPSA) is 253 Å². The van der Waals surface area contributed by atoms with Crippen LogP contribution in [-0.4, -0.2) is 105 Å². The number of carboxylic acid groups (broad SMARTS) is 2. The van der Waals surface area contributed by atoms with Gasteiger partial charge in [-0.25, -0.2) is 4.79 Å². The highest BCUT2D eigenvalue weighted by atomic mass is 16.4. The third-order valence-electron chi connectivity index (χ3n) is 9.27. The maximum absolute atomic E-state index is 14.3. The molecule has 9 N–H and O–H groups in total. The van der Waals surface area contributed by atoms with Gasteiger partial charge >= 0.3 is 11.9 Å². The van der Waals surface area contributed by atoms with Crippen LogP contribution in [0.4, 0.5) is 0 Å². The van der Waals surface area contributed by atoms with Gasteiger partial charge in [-0.15, -0.1) is 0 Å². The molecule has 4 rings (SSSR count). The third kappa shape index (κ3) is 11.4. The molecule has 0 radical (unpaired) electrons. The van der Waals surface area contributed by atoms with E-state index in [0.29, 0.717) is 12.0 Å². The number of aromatic amines is 1. The van der Waals surface area contributed by atoms with E-state index in [0.717, 1.165) is 16.5 Å². The van der Waals surface area contributed by atoms with Crippen molar-refractivity contribution in [2.45, 2.75) is 89.0 Å². The number of rotatable bonds is 19. The molecular formula is C38H49N7O9. The Hall–Kier alpha value is -5.77. The van der Waals surface area contributed by atoms with Crippen molar-refractivity contribution >= 4 is 52.4 Å². The fraction of sp³-hybridized carbons (Fsp3) is 0.447. The number of carbonyl (C=O) groups is 7. The lowest BCUT2D eigenvalue weighted by Gasteiger charge is -2.30. The summed E-state index contributed by atoms with van der Waals surface area (Å²) in [6.45, 7) is 3.41. The number of nitrogens with two attached hydrogens (primary N) is 1. The highest BCUT2D eigenvalue weighted by Gasteiger charge is 2.39. The number of H-pyrrole nitrogens is 1. The normalized spacial score (nSPS) is 16.2. The predicted molar refractivity (Wildman–Crippen MR) is 198 cm³/mol. The zero-order valence-corrected chi connectivity index (χ0v) is 30.4. The second kappa shape index (κ2) is 19.3. The number of amides is 5. The molecule has 16 heteroatoms. The van der Waals surface area contributed by atoms with Crippen LogP contribution in [0.25, 0.3) is 10.9 Å². The molecule has 290 valence electrons. The number of fused-ring (bicyclic) bond motifs is 1. The largest absolute Gasteiger partial charge is 0.481 e. The summed E-state index contributed by atoms with van der Waals surface area (Å²) in [4.78, 5) is 95.6. The molecule has 5 amide bonds. The smallest absolute Gasteiger partial charge is 0.326 e. The minimum Gasteiger partial charge on any atom is -0.481 e. The quantitative estimate of drug-likeness (QED) is 0.0858. The van der Waals surface area contributed by atoms with Crippen molar-refractivity contribution in [2.24, 2.45) is 11.7 Å². The van der Waals surface area contributed by atoms with Gasteiger partial charge in [-0.1, -0.05) is 62.4 Å². The van der Waals surface area contributed by atoms with E-state index in [-0.39, 0.29) is 44.6 Å². The zero-order chi connectivity index (χ0) is 39.4. The molecular weight excluding hydrogens is 698 g/mol. The Morgan fingerprint density at radius 1 is 0.815 bits per heavy atom. The minimum absolute atomic E-state index is 0.0224. The molecule has 1 aliphatic heterocycles. The molecule has 1 fully saturated rings. The molecule has 5 atom stereocenters. The van der Waals surface area contributed by atoms with Gasteiger partial charge in [0.1, 0.15) is 30.2 Å². The van der Waals surface area contributed by atoms with E-state index in [9.17, 15) is 43.8 Å². The standard InChI is InChI=1S/C38H49N7O9/c1-22(2)17-28(42-34(49)27(14-15-33(47)48)41-32(46)20-39)35(50)43-29(19-24-21-40-26-12-7-6-11-25(24)26)36(51)44-30(18-23-9-4-3-5-10-23)37(52)45-16-8-13-31(45)38(53)54/h3-7,9-12,21-22,27-31,40H,8,13-20,39H2,1-2H3,(H,41,46)(H,42,49)(H,43,50)(H,44,51)(H,47,48)(H,53,54)/t27-,28-,29-,30-,31-/m0/s1. The van der Waals surface area contributed by atoms with E-state index >= 15 is 0 Å². The van der Waals surface area contributed by atoms with Crippen LogP contribution in [-0.2, 0) is 46.4 Å². The summed E-state index contributed by atoms with van der Waals surface area (Å²) in [5.41, 5.74) is 7.60. The third-order valence-corrected chi connectivity index (χ3v) is 9.27. The van der Waals surface area contributed by atoms with Crippen molar-refractivity contribution in [3.05, 3.63) is 71.9 Å². The van der Waals surface area contributed by atoms with Crippen LogP contribution in [0.1, 0.15) is 57.1 Å². The number of hydrogen-bond acceptors (Lipinski definition) is 8. The molecule has 2 aromatic carbocycles. The average Bonchev–Trinajstić information content (AvgIpc) is 3.80. The fourth-order valence-corrected chi connectivity index (χ4v) is 6.58. The Morgan fingerprint density at radius 3 is 2.11 bits per heavy atom. The SMILES string of the molecule is CC(C)C[C@H](NC(=O)[C@H](CCC(=O)O)NC(=O)CN)C(=O)N[C@@H](Cc1c[nH]c2ccccc12)C(=O)N[C@@H](Cc1ccccc1)C(=O)N1CCC[C@H]1C(=O)O. The Morgan fingerprint density at radius 2 is 1.44 bits per heavy atom. The number of aromatic nitrogens is 1. The van der Waals surface area contributed by atoms with Crippen LogP contribution in [0.15, 0.2) is 60.8 Å². The van der Waals surface area contributed by atoms with Crippen LogP contribution in [0, 0.1) is 5.92 Å². The highest BCUT2D eigenvalue weighted by molar-refractivity contribution is 5.97. The van der Waals surface area contributed by atoms with E-state index < -0.39 is 84.6 Å². The van der Waals surface area contributed by atoms with E-state index in [2.05, 4.69) is 26.3 Å². The molecule has 1 aliphatic rings. The highest BCUT2D eigenvalue weighted by Crippen LogP contribution is 2.22. The Labute approximate surface area is 312 Å². The van der Waals surface area contributed by atoms with E-state index in [1.54, 1.807) is 36.5 Å². The Bertz CT molecular complexity index is 1810. The average molecular weight is 748 g/mol. The van der Waals surface area contributed by atoms with Gasteiger partial charge < -0.3 is 47.1 Å². The Kier molecular flexibility index (Phi) is 14.7. The first-order valence-corrected chi connectivity index (χ1v) is 18.0. The van der Waals surface area contributed by atoms with Crippen LogP contribution < -0.4 is 27.0 Å². The van der Waals surface area contributed by atoms with Gasteiger partial charge in [0, 0.05) is 42.9 Å². The van der Waals surface area contributed by atoms with Crippen LogP contribution >= 0.6 is 0 Å². The molecule has 1 aromatic heterocycles. The van der Waals surface area contributed by atoms with Crippen LogP contribution in [0.3, 0.4) is 0 Å². The summed E-state index contributed by atoms with van der Waals surface area (Å²) >= 11 is 0. The van der Waals surface area contributed by atoms with Crippen molar-refractivity contribution in [3.8, 4) is 0 Å². The van der Waals surface area contributed by atoms with E-state index in [4.69, 9.17) is 5.73 Å². The molecule has 16 nitrogen and oxygen atoms in total. The predicted octanol–water partition coefficient (Wildman–Crippen LogP) is 0.838. The summed E-state index contributed by atoms with van der Waals surface area (Å²) in [6.07, 6.45) is 1.94. The summed E-state index contributed by atoms with van der Waals surface area (Å²) in [5.74, 6) is -5.95. The van der Waals surface area contributed by atoms with Gasteiger partial charge in [0.05, 0.1) is 6.54 Å². The van der Waals surface area contributed by atoms with Gasteiger partial charge in [-0.3, -0.25) is 28.8 Å². The molecule has 0 saturated carbocycles. The number of nitrogens with zero attached hydrogens (tertiary/aromatic N) is 1. The number of hydrogen-bond donors (Lipinski definition) is 8. The monoisotopic (exact) mass is 747 g/mol. The zero-order valence-electron chi connectivity index (χ0n) is 30.4. The van der Waals surface area contributed by atoms with Gasteiger partial charge in [0.25, 0.3) is 0 Å². The summed E-state index contributed by atoms with van der Waals surface area (Å²) < 4.78 is 0. The minimum atomic E-state index is -1.30. The summed E-state index contributed by atoms with van der Waals surface area (Å²) in [6, 6.07) is 10.3. The molecule has 0 spiro atoms. The van der Waals surface area contributed by atoms with Gasteiger partial charge in [-0.05, 0) is 48.8 Å². The first kappa shape index (κ1) is 41.0. The number of carbonyl (C=O) groups excluding carboxylic acids is 5. The lowest BCUT2D eigenvalue weighted by Crippen LogP contribution is -2.60. The van der Waals surface area contributed by atoms with E-state index in [1.807, 2.05) is 38.1 Å². The number of aliphatic carboxylic acids is 2. The van der Waals surface area contributed by atoms with E-state index in [1.165, 1.54) is 4.90 Å². The molecule has 54 heavy (non-hydrogen) atoms. The first-order chi connectivity index (χ1) is 25.8. The number of nitrogens with one attached hydrogen (secondary N) is 5. The Balaban J connectivity index is 1.64. The maximum Gasteiger partial charge on any atom is 0.326 e. The first-order valence-electron chi connectivity index (χ1n) is 18.0. The van der Waals surface area contributed by atoms with Crippen molar-refractivity contribution in [1.29, 1.82) is 0 Å². The second-order valence-corrected chi connectivity index (χ2v) is 13.9. The number of carboxylic acids is 2. The van der Waals surface area contributed by atoms with Gasteiger partial charge in [0.2, 0.25) is 29.5 Å². The number of benzene rings is 2. The van der Waals surface area contributed by atoms with Crippen molar-refractivity contribution in [3.63, 3.8) is 0 Å². The van der Waals surface area contributed by atoms with Crippen molar-refractivity contribution in [1.82, 2.24) is 31.2 Å². The maximum atomic E-state index is 14.3. The molecule has 2 heterocycles. The molecule has 3 aromatic rings.